The van der Waals surface area contributed by atoms with Crippen molar-refractivity contribution < 1.29 is 4.39 Å². The van der Waals surface area contributed by atoms with Crippen LogP contribution in [0.5, 0.6) is 0 Å². The molecule has 1 atom stereocenters. The molecule has 0 spiro atoms. The van der Waals surface area contributed by atoms with E-state index in [9.17, 15) is 4.39 Å². The Morgan fingerprint density at radius 3 is 2.68 bits per heavy atom. The minimum absolute atomic E-state index is 0.213. The molecule has 0 heterocycles. The van der Waals surface area contributed by atoms with Gasteiger partial charge in [-0.05, 0) is 60.4 Å². The Balaban J connectivity index is 2.25. The SMILES string of the molecule is Cc1ccc(F)cc1CC(N)c1cc(Cl)cc(Br)c1. The molecule has 0 aliphatic carbocycles. The van der Waals surface area contributed by atoms with E-state index in [0.717, 1.165) is 21.2 Å². The van der Waals surface area contributed by atoms with E-state index >= 15 is 0 Å². The third-order valence-corrected chi connectivity index (χ3v) is 3.74. The summed E-state index contributed by atoms with van der Waals surface area (Å²) in [6.07, 6.45) is 0.580. The molecule has 0 bridgehead atoms. The zero-order valence-electron chi connectivity index (χ0n) is 10.5. The molecule has 100 valence electrons. The molecule has 4 heteroatoms. The second-order valence-corrected chi connectivity index (χ2v) is 5.94. The van der Waals surface area contributed by atoms with Crippen LogP contribution in [0.3, 0.4) is 0 Å². The molecule has 0 aliphatic rings. The molecule has 2 aromatic carbocycles. The molecule has 0 aliphatic heterocycles. The Hall–Kier alpha value is -0.900. The lowest BCUT2D eigenvalue weighted by Crippen LogP contribution is -2.14. The van der Waals surface area contributed by atoms with Crippen molar-refractivity contribution >= 4 is 27.5 Å². The van der Waals surface area contributed by atoms with Crippen LogP contribution < -0.4 is 5.73 Å². The van der Waals surface area contributed by atoms with Gasteiger partial charge in [0.05, 0.1) is 0 Å². The molecular weight excluding hydrogens is 329 g/mol. The number of halogens is 3. The highest BCUT2D eigenvalue weighted by molar-refractivity contribution is 9.10. The average molecular weight is 343 g/mol. The maximum atomic E-state index is 13.3. The van der Waals surface area contributed by atoms with E-state index in [4.69, 9.17) is 17.3 Å². The Morgan fingerprint density at radius 1 is 1.26 bits per heavy atom. The van der Waals surface area contributed by atoms with Gasteiger partial charge in [-0.2, -0.15) is 0 Å². The van der Waals surface area contributed by atoms with Gasteiger partial charge in [0.25, 0.3) is 0 Å². The topological polar surface area (TPSA) is 26.0 Å². The van der Waals surface area contributed by atoms with Crippen molar-refractivity contribution in [3.63, 3.8) is 0 Å². The van der Waals surface area contributed by atoms with E-state index in [-0.39, 0.29) is 11.9 Å². The predicted octanol–water partition coefficient (Wildman–Crippen LogP) is 4.79. The Bertz CT molecular complexity index is 580. The van der Waals surface area contributed by atoms with Crippen molar-refractivity contribution in [2.24, 2.45) is 5.73 Å². The molecule has 1 unspecified atom stereocenters. The van der Waals surface area contributed by atoms with Crippen LogP contribution in [0.4, 0.5) is 4.39 Å². The van der Waals surface area contributed by atoms with E-state index in [2.05, 4.69) is 15.9 Å². The van der Waals surface area contributed by atoms with Crippen LogP contribution in [0, 0.1) is 12.7 Å². The zero-order valence-corrected chi connectivity index (χ0v) is 12.8. The fourth-order valence-corrected chi connectivity index (χ4v) is 2.89. The first kappa shape index (κ1) is 14.5. The number of rotatable bonds is 3. The summed E-state index contributed by atoms with van der Waals surface area (Å²) in [5.41, 5.74) is 9.07. The van der Waals surface area contributed by atoms with Crippen LogP contribution in [0.2, 0.25) is 5.02 Å². The first-order valence-corrected chi connectivity index (χ1v) is 7.09. The summed E-state index contributed by atoms with van der Waals surface area (Å²) in [6, 6.07) is 10.1. The van der Waals surface area contributed by atoms with E-state index < -0.39 is 0 Å². The van der Waals surface area contributed by atoms with Gasteiger partial charge >= 0.3 is 0 Å². The van der Waals surface area contributed by atoms with E-state index in [1.54, 1.807) is 6.07 Å². The van der Waals surface area contributed by atoms with E-state index in [1.807, 2.05) is 25.1 Å². The van der Waals surface area contributed by atoms with Gasteiger partial charge in [0.15, 0.2) is 0 Å². The maximum absolute atomic E-state index is 13.3. The highest BCUT2D eigenvalue weighted by Crippen LogP contribution is 2.25. The second-order valence-electron chi connectivity index (χ2n) is 4.58. The van der Waals surface area contributed by atoms with Crippen molar-refractivity contribution in [2.75, 3.05) is 0 Å². The molecule has 0 radical (unpaired) electrons. The van der Waals surface area contributed by atoms with Gasteiger partial charge in [0, 0.05) is 15.5 Å². The largest absolute Gasteiger partial charge is 0.324 e. The van der Waals surface area contributed by atoms with Crippen molar-refractivity contribution in [1.29, 1.82) is 0 Å². The third kappa shape index (κ3) is 3.78. The monoisotopic (exact) mass is 341 g/mol. The summed E-state index contributed by atoms with van der Waals surface area (Å²) < 4.78 is 14.1. The van der Waals surface area contributed by atoms with E-state index in [1.165, 1.54) is 12.1 Å². The summed E-state index contributed by atoms with van der Waals surface area (Å²) >= 11 is 9.40. The fraction of sp³-hybridized carbons (Fsp3) is 0.200. The van der Waals surface area contributed by atoms with Gasteiger partial charge in [-0.15, -0.1) is 0 Å². The Morgan fingerprint density at radius 2 is 2.00 bits per heavy atom. The second kappa shape index (κ2) is 6.04. The van der Waals surface area contributed by atoms with Crippen molar-refractivity contribution in [3.8, 4) is 0 Å². The smallest absolute Gasteiger partial charge is 0.123 e. The summed E-state index contributed by atoms with van der Waals surface area (Å²) in [5, 5.41) is 0.635. The molecule has 2 aromatic rings. The number of hydrogen-bond acceptors (Lipinski definition) is 1. The minimum atomic E-state index is -0.236. The molecule has 1 nitrogen and oxygen atoms in total. The van der Waals surface area contributed by atoms with Crippen LogP contribution in [-0.4, -0.2) is 0 Å². The van der Waals surface area contributed by atoms with Crippen molar-refractivity contribution in [2.45, 2.75) is 19.4 Å². The van der Waals surface area contributed by atoms with Crippen LogP contribution in [0.25, 0.3) is 0 Å². The maximum Gasteiger partial charge on any atom is 0.123 e. The third-order valence-electron chi connectivity index (χ3n) is 3.06. The van der Waals surface area contributed by atoms with Crippen LogP contribution in [0.1, 0.15) is 22.7 Å². The zero-order chi connectivity index (χ0) is 14.0. The van der Waals surface area contributed by atoms with Gasteiger partial charge in [-0.1, -0.05) is 33.6 Å². The van der Waals surface area contributed by atoms with Crippen molar-refractivity contribution in [3.05, 3.63) is 68.4 Å². The van der Waals surface area contributed by atoms with Gasteiger partial charge in [-0.3, -0.25) is 0 Å². The van der Waals surface area contributed by atoms with Gasteiger partial charge < -0.3 is 5.73 Å². The minimum Gasteiger partial charge on any atom is -0.324 e. The lowest BCUT2D eigenvalue weighted by molar-refractivity contribution is 0.621. The van der Waals surface area contributed by atoms with Crippen LogP contribution in [0.15, 0.2) is 40.9 Å². The number of hydrogen-bond donors (Lipinski definition) is 1. The molecule has 0 saturated carbocycles. The summed E-state index contributed by atoms with van der Waals surface area (Å²) in [5.74, 6) is -0.236. The number of nitrogens with two attached hydrogens (primary N) is 1. The Labute approximate surface area is 125 Å². The molecule has 0 aromatic heterocycles. The predicted molar refractivity (Wildman–Crippen MR) is 80.9 cm³/mol. The standard InChI is InChI=1S/C15H14BrClFN/c1-9-2-3-14(18)6-10(9)7-15(19)11-4-12(16)8-13(17)5-11/h2-6,8,15H,7,19H2,1H3. The number of benzene rings is 2. The normalized spacial score (nSPS) is 12.5. The molecule has 0 saturated heterocycles. The van der Waals surface area contributed by atoms with Gasteiger partial charge in [0.1, 0.15) is 5.82 Å². The first-order valence-electron chi connectivity index (χ1n) is 5.92. The lowest BCUT2D eigenvalue weighted by atomic mass is 9.97. The summed E-state index contributed by atoms with van der Waals surface area (Å²) in [6.45, 7) is 1.95. The molecule has 0 amide bonds. The van der Waals surface area contributed by atoms with Crippen LogP contribution >= 0.6 is 27.5 Å². The molecular formula is C15H14BrClFN. The van der Waals surface area contributed by atoms with Gasteiger partial charge in [-0.25, -0.2) is 4.39 Å². The average Bonchev–Trinajstić information content (AvgIpc) is 2.32. The molecule has 2 N–H and O–H groups in total. The molecule has 19 heavy (non-hydrogen) atoms. The molecule has 2 rings (SSSR count). The highest BCUT2D eigenvalue weighted by Gasteiger charge is 2.11. The quantitative estimate of drug-likeness (QED) is 0.852. The number of aryl methyl sites for hydroxylation is 1. The fourth-order valence-electron chi connectivity index (χ4n) is 2.00. The highest BCUT2D eigenvalue weighted by atomic mass is 79.9. The summed E-state index contributed by atoms with van der Waals surface area (Å²) in [7, 11) is 0. The summed E-state index contributed by atoms with van der Waals surface area (Å²) in [4.78, 5) is 0. The molecule has 0 fully saturated rings. The van der Waals surface area contributed by atoms with Crippen LogP contribution in [-0.2, 0) is 6.42 Å². The van der Waals surface area contributed by atoms with E-state index in [0.29, 0.717) is 11.4 Å². The lowest BCUT2D eigenvalue weighted by Gasteiger charge is -2.15. The first-order chi connectivity index (χ1) is 8.95. The Kier molecular flexibility index (Phi) is 4.61. The van der Waals surface area contributed by atoms with Gasteiger partial charge in [0.2, 0.25) is 0 Å². The van der Waals surface area contributed by atoms with Crippen molar-refractivity contribution in [1.82, 2.24) is 0 Å².